The molecule has 0 unspecified atom stereocenters. The summed E-state index contributed by atoms with van der Waals surface area (Å²) < 4.78 is 0. The fourth-order valence-corrected chi connectivity index (χ4v) is 0.201. The first-order chi connectivity index (χ1) is 3.31. The molecule has 0 aliphatic carbocycles. The summed E-state index contributed by atoms with van der Waals surface area (Å²) in [7, 11) is 1.52. The second-order valence-electron chi connectivity index (χ2n) is 0.749. The number of hydrogen-bond acceptors (Lipinski definition) is 3. The number of hydrazine groups is 1. The SMILES string of the molecule is CN=NC(=S)NN. The van der Waals surface area contributed by atoms with Crippen molar-refractivity contribution in [1.82, 2.24) is 5.43 Å². The minimum atomic E-state index is 0.197. The molecule has 0 heterocycles. The number of rotatable bonds is 0. The van der Waals surface area contributed by atoms with E-state index in [0.717, 1.165) is 0 Å². The van der Waals surface area contributed by atoms with Crippen LogP contribution in [0, 0.1) is 0 Å². The Morgan fingerprint density at radius 3 is 2.57 bits per heavy atom. The third kappa shape index (κ3) is 3.28. The van der Waals surface area contributed by atoms with Crippen molar-refractivity contribution in [3.05, 3.63) is 0 Å². The van der Waals surface area contributed by atoms with Gasteiger partial charge in [-0.25, -0.2) is 5.84 Å². The number of azo groups is 1. The molecular weight excluding hydrogens is 112 g/mol. The molecule has 0 atom stereocenters. The number of nitrogens with one attached hydrogen (secondary N) is 1. The second kappa shape index (κ2) is 3.63. The summed E-state index contributed by atoms with van der Waals surface area (Å²) in [4.78, 5) is 0. The van der Waals surface area contributed by atoms with E-state index < -0.39 is 0 Å². The molecule has 5 heteroatoms. The molecule has 40 valence electrons. The van der Waals surface area contributed by atoms with Crippen LogP contribution in [-0.2, 0) is 0 Å². The Kier molecular flexibility index (Phi) is 3.35. The number of nitrogens with two attached hydrogens (primary N) is 1. The Bertz CT molecular complexity index is 87.7. The lowest BCUT2D eigenvalue weighted by Gasteiger charge is -1.86. The molecule has 0 bridgehead atoms. The van der Waals surface area contributed by atoms with Crippen molar-refractivity contribution in [3.63, 3.8) is 0 Å². The predicted molar refractivity (Wildman–Crippen MR) is 30.7 cm³/mol. The molecule has 0 saturated carbocycles. The maximum absolute atomic E-state index is 4.81. The highest BCUT2D eigenvalue weighted by molar-refractivity contribution is 7.80. The highest BCUT2D eigenvalue weighted by Gasteiger charge is 1.78. The summed E-state index contributed by atoms with van der Waals surface area (Å²) in [5.41, 5.74) is 2.14. The fraction of sp³-hybridized carbons (Fsp3) is 0.500. The largest absolute Gasteiger partial charge is 0.298 e. The van der Waals surface area contributed by atoms with Crippen LogP contribution in [0.2, 0.25) is 0 Å². The van der Waals surface area contributed by atoms with E-state index >= 15 is 0 Å². The highest BCUT2D eigenvalue weighted by Crippen LogP contribution is 1.70. The minimum Gasteiger partial charge on any atom is -0.298 e. The van der Waals surface area contributed by atoms with Gasteiger partial charge < -0.3 is 0 Å². The monoisotopic (exact) mass is 118 g/mol. The van der Waals surface area contributed by atoms with Crippen molar-refractivity contribution in [2.24, 2.45) is 16.1 Å². The van der Waals surface area contributed by atoms with Crippen LogP contribution in [0.15, 0.2) is 10.2 Å². The minimum absolute atomic E-state index is 0.197. The summed E-state index contributed by atoms with van der Waals surface area (Å²) >= 11 is 4.46. The molecule has 0 radical (unpaired) electrons. The zero-order valence-electron chi connectivity index (χ0n) is 3.88. The third-order valence-electron chi connectivity index (χ3n) is 0.314. The lowest BCUT2D eigenvalue weighted by molar-refractivity contribution is 1.01. The first-order valence-corrected chi connectivity index (χ1v) is 2.02. The van der Waals surface area contributed by atoms with E-state index in [2.05, 4.69) is 27.9 Å². The van der Waals surface area contributed by atoms with Gasteiger partial charge in [0.1, 0.15) is 0 Å². The maximum Gasteiger partial charge on any atom is 0.227 e. The van der Waals surface area contributed by atoms with E-state index in [1.54, 1.807) is 0 Å². The molecular formula is C2H6N4S. The van der Waals surface area contributed by atoms with E-state index in [4.69, 9.17) is 5.84 Å². The van der Waals surface area contributed by atoms with E-state index in [-0.39, 0.29) is 5.11 Å². The van der Waals surface area contributed by atoms with Gasteiger partial charge >= 0.3 is 0 Å². The van der Waals surface area contributed by atoms with Gasteiger partial charge in [0.2, 0.25) is 5.11 Å². The van der Waals surface area contributed by atoms with Crippen LogP contribution in [0.25, 0.3) is 0 Å². The fourth-order valence-electron chi connectivity index (χ4n) is 0.120. The van der Waals surface area contributed by atoms with Gasteiger partial charge in [-0.2, -0.15) is 5.11 Å². The van der Waals surface area contributed by atoms with Gasteiger partial charge in [-0.1, -0.05) is 0 Å². The van der Waals surface area contributed by atoms with Crippen molar-refractivity contribution in [1.29, 1.82) is 0 Å². The highest BCUT2D eigenvalue weighted by atomic mass is 32.1. The van der Waals surface area contributed by atoms with Crippen molar-refractivity contribution < 1.29 is 0 Å². The average molecular weight is 118 g/mol. The molecule has 0 aromatic carbocycles. The third-order valence-corrected chi connectivity index (χ3v) is 0.514. The van der Waals surface area contributed by atoms with Crippen LogP contribution in [0.3, 0.4) is 0 Å². The van der Waals surface area contributed by atoms with E-state index in [1.165, 1.54) is 7.05 Å². The molecule has 0 fully saturated rings. The lowest BCUT2D eigenvalue weighted by atomic mass is 11.2. The molecule has 3 N–H and O–H groups in total. The van der Waals surface area contributed by atoms with Gasteiger partial charge in [-0.15, -0.1) is 5.11 Å². The number of nitrogens with zero attached hydrogens (tertiary/aromatic N) is 2. The first kappa shape index (κ1) is 6.45. The predicted octanol–water partition coefficient (Wildman–Crippen LogP) is -0.183. The summed E-state index contributed by atoms with van der Waals surface area (Å²) in [5, 5.41) is 6.91. The first-order valence-electron chi connectivity index (χ1n) is 1.61. The standard InChI is InChI=1S/C2H6N4S/c1-4-6-2(7)5-3/h3H2,1H3,(H,5,7). The topological polar surface area (TPSA) is 62.8 Å². The molecule has 4 nitrogen and oxygen atoms in total. The number of hydrogen-bond donors (Lipinski definition) is 2. The van der Waals surface area contributed by atoms with Crippen LogP contribution in [0.5, 0.6) is 0 Å². The summed E-state index contributed by atoms with van der Waals surface area (Å²) in [5.74, 6) is 4.81. The maximum atomic E-state index is 4.81. The molecule has 0 rings (SSSR count). The molecule has 0 aliphatic rings. The summed E-state index contributed by atoms with van der Waals surface area (Å²) in [6, 6.07) is 0. The molecule has 0 spiro atoms. The van der Waals surface area contributed by atoms with E-state index in [1.807, 2.05) is 0 Å². The van der Waals surface area contributed by atoms with Crippen LogP contribution >= 0.6 is 12.2 Å². The van der Waals surface area contributed by atoms with Gasteiger partial charge in [-0.05, 0) is 12.2 Å². The Morgan fingerprint density at radius 2 is 2.43 bits per heavy atom. The smallest absolute Gasteiger partial charge is 0.227 e. The Hall–Kier alpha value is -0.550. The Morgan fingerprint density at radius 1 is 1.86 bits per heavy atom. The molecule has 0 aromatic rings. The van der Waals surface area contributed by atoms with Gasteiger partial charge in [0.25, 0.3) is 0 Å². The zero-order valence-corrected chi connectivity index (χ0v) is 4.70. The van der Waals surface area contributed by atoms with E-state index in [9.17, 15) is 0 Å². The average Bonchev–Trinajstić information content (AvgIpc) is 1.68. The van der Waals surface area contributed by atoms with Gasteiger partial charge in [0.15, 0.2) is 0 Å². The second-order valence-corrected chi connectivity index (χ2v) is 1.14. The molecule has 7 heavy (non-hydrogen) atoms. The van der Waals surface area contributed by atoms with Crippen molar-refractivity contribution in [3.8, 4) is 0 Å². The molecule has 0 aliphatic heterocycles. The van der Waals surface area contributed by atoms with Crippen molar-refractivity contribution >= 4 is 17.3 Å². The molecule has 0 saturated heterocycles. The quantitative estimate of drug-likeness (QED) is 0.201. The Balaban J connectivity index is 3.37. The van der Waals surface area contributed by atoms with Crippen LogP contribution in [0.4, 0.5) is 0 Å². The van der Waals surface area contributed by atoms with Gasteiger partial charge in [-0.3, -0.25) is 5.43 Å². The van der Waals surface area contributed by atoms with E-state index in [0.29, 0.717) is 0 Å². The summed E-state index contributed by atoms with van der Waals surface area (Å²) in [6.45, 7) is 0. The van der Waals surface area contributed by atoms with Crippen LogP contribution in [0.1, 0.15) is 0 Å². The summed E-state index contributed by atoms with van der Waals surface area (Å²) in [6.07, 6.45) is 0. The van der Waals surface area contributed by atoms with Crippen molar-refractivity contribution in [2.45, 2.75) is 0 Å². The van der Waals surface area contributed by atoms with Gasteiger partial charge in [0, 0.05) is 7.05 Å². The van der Waals surface area contributed by atoms with Gasteiger partial charge in [0.05, 0.1) is 0 Å². The van der Waals surface area contributed by atoms with Crippen LogP contribution in [-0.4, -0.2) is 12.2 Å². The Labute approximate surface area is 46.8 Å². The normalized spacial score (nSPS) is 9.43. The zero-order chi connectivity index (χ0) is 5.70. The molecule has 0 amide bonds. The molecule has 0 aromatic heterocycles. The lowest BCUT2D eigenvalue weighted by Crippen LogP contribution is -2.26. The van der Waals surface area contributed by atoms with Crippen LogP contribution < -0.4 is 11.3 Å². The van der Waals surface area contributed by atoms with Crippen molar-refractivity contribution in [2.75, 3.05) is 7.05 Å². The number of thiocarbonyl (C=S) groups is 1.